The first kappa shape index (κ1) is 31.8. The van der Waals surface area contributed by atoms with E-state index >= 15 is 0 Å². The van der Waals surface area contributed by atoms with Gasteiger partial charge in [-0.05, 0) is 62.1 Å². The second-order valence-corrected chi connectivity index (χ2v) is 13.2. The molecule has 0 saturated carbocycles. The van der Waals surface area contributed by atoms with Gasteiger partial charge in [-0.15, -0.1) is 11.3 Å². The largest absolute Gasteiger partial charge is 0.416 e. The van der Waals surface area contributed by atoms with Crippen molar-refractivity contribution in [3.8, 4) is 0 Å². The van der Waals surface area contributed by atoms with Gasteiger partial charge in [0.05, 0.1) is 16.4 Å². The first-order chi connectivity index (χ1) is 19.8. The number of hydrogen-bond donors (Lipinski definition) is 3. The Kier molecular flexibility index (Phi) is 10.2. The Labute approximate surface area is 249 Å². The number of hydrogen-bond acceptors (Lipinski definition) is 6. The molecule has 3 N–H and O–H groups in total. The summed E-state index contributed by atoms with van der Waals surface area (Å²) in [6.07, 6.45) is -1.11. The Morgan fingerprint density at radius 2 is 1.88 bits per heavy atom. The maximum atomic E-state index is 13.1. The molecule has 2 atom stereocenters. The van der Waals surface area contributed by atoms with Crippen LogP contribution in [0.5, 0.6) is 0 Å². The molecule has 1 aromatic carbocycles. The van der Waals surface area contributed by atoms with Crippen molar-refractivity contribution < 1.29 is 36.0 Å². The highest BCUT2D eigenvalue weighted by molar-refractivity contribution is 7.92. The number of carbonyl (C=O) groups excluding carboxylic acids is 3. The molecule has 2 saturated heterocycles. The van der Waals surface area contributed by atoms with E-state index in [1.807, 2.05) is 0 Å². The zero-order chi connectivity index (χ0) is 30.5. The van der Waals surface area contributed by atoms with Crippen LogP contribution in [0.15, 0.2) is 41.8 Å². The lowest BCUT2D eigenvalue weighted by atomic mass is 10.1. The highest BCUT2D eigenvalue weighted by Crippen LogP contribution is 2.30. The fraction of sp³-hybridized carbons (Fsp3) is 0.423. The number of thiophene rings is 1. The van der Waals surface area contributed by atoms with E-state index < -0.39 is 39.7 Å². The summed E-state index contributed by atoms with van der Waals surface area (Å²) in [7, 11) is -3.94. The summed E-state index contributed by atoms with van der Waals surface area (Å²) in [5, 5.41) is 5.92. The zero-order valence-corrected chi connectivity index (χ0v) is 24.6. The van der Waals surface area contributed by atoms with E-state index in [1.165, 1.54) is 34.4 Å². The van der Waals surface area contributed by atoms with E-state index in [1.54, 1.807) is 17.0 Å². The predicted molar refractivity (Wildman–Crippen MR) is 153 cm³/mol. The van der Waals surface area contributed by atoms with Crippen LogP contribution in [0.1, 0.15) is 36.1 Å². The number of sulfonamides is 1. The Bertz CT molecular complexity index is 1450. The minimum absolute atomic E-state index is 0.0260. The van der Waals surface area contributed by atoms with Crippen LogP contribution in [-0.4, -0.2) is 74.3 Å². The van der Waals surface area contributed by atoms with Gasteiger partial charge in [0, 0.05) is 41.6 Å². The number of likely N-dealkylation sites (tertiary alicyclic amines) is 2. The van der Waals surface area contributed by atoms with Crippen LogP contribution in [0.25, 0.3) is 6.08 Å². The smallest absolute Gasteiger partial charge is 0.336 e. The van der Waals surface area contributed by atoms with Gasteiger partial charge in [0.15, 0.2) is 0 Å². The van der Waals surface area contributed by atoms with E-state index in [0.717, 1.165) is 17.5 Å². The SMILES string of the molecule is O=C(NC[C@H]1CCCN1C(=O)CN1CCC[C@H](NS(=O)(=O)C=Cc2ccc(Cl)s2)C1=O)Nc1cccc(C(F)(F)F)c1. The van der Waals surface area contributed by atoms with Gasteiger partial charge < -0.3 is 20.4 Å². The maximum Gasteiger partial charge on any atom is 0.416 e. The molecule has 0 radical (unpaired) electrons. The number of benzene rings is 1. The molecule has 1 aromatic heterocycles. The van der Waals surface area contributed by atoms with Gasteiger partial charge in [-0.3, -0.25) is 9.59 Å². The van der Waals surface area contributed by atoms with Crippen molar-refractivity contribution in [1.29, 1.82) is 0 Å². The number of anilines is 1. The molecule has 2 aromatic rings. The van der Waals surface area contributed by atoms with Gasteiger partial charge >= 0.3 is 12.2 Å². The van der Waals surface area contributed by atoms with Crippen molar-refractivity contribution in [1.82, 2.24) is 19.8 Å². The first-order valence-electron chi connectivity index (χ1n) is 13.1. The van der Waals surface area contributed by atoms with Gasteiger partial charge in [-0.2, -0.15) is 17.9 Å². The van der Waals surface area contributed by atoms with Crippen molar-refractivity contribution in [3.63, 3.8) is 0 Å². The van der Waals surface area contributed by atoms with E-state index in [9.17, 15) is 36.0 Å². The average molecular weight is 648 g/mol. The lowest BCUT2D eigenvalue weighted by Crippen LogP contribution is -2.55. The van der Waals surface area contributed by atoms with Crippen molar-refractivity contribution >= 4 is 62.6 Å². The molecule has 4 rings (SSSR count). The minimum atomic E-state index is -4.55. The first-order valence-corrected chi connectivity index (χ1v) is 15.8. The lowest BCUT2D eigenvalue weighted by Gasteiger charge is -2.34. The average Bonchev–Trinajstić information content (AvgIpc) is 3.57. The van der Waals surface area contributed by atoms with Crippen LogP contribution in [0.4, 0.5) is 23.7 Å². The lowest BCUT2D eigenvalue weighted by molar-refractivity contribution is -0.143. The highest BCUT2D eigenvalue weighted by Gasteiger charge is 2.35. The van der Waals surface area contributed by atoms with Crippen LogP contribution >= 0.6 is 22.9 Å². The molecule has 2 fully saturated rings. The van der Waals surface area contributed by atoms with Gasteiger partial charge in [-0.1, -0.05) is 17.7 Å². The van der Waals surface area contributed by atoms with Crippen LogP contribution in [0.3, 0.4) is 0 Å². The maximum absolute atomic E-state index is 13.1. The number of halogens is 4. The summed E-state index contributed by atoms with van der Waals surface area (Å²) in [6, 6.07) is 5.46. The van der Waals surface area contributed by atoms with Crippen LogP contribution < -0.4 is 15.4 Å². The Morgan fingerprint density at radius 1 is 1.12 bits per heavy atom. The van der Waals surface area contributed by atoms with Gasteiger partial charge in [0.2, 0.25) is 21.8 Å². The third-order valence-corrected chi connectivity index (χ3v) is 9.12. The summed E-state index contributed by atoms with van der Waals surface area (Å²) in [4.78, 5) is 42.0. The zero-order valence-electron chi connectivity index (χ0n) is 22.2. The van der Waals surface area contributed by atoms with E-state index in [4.69, 9.17) is 11.6 Å². The Morgan fingerprint density at radius 3 is 2.60 bits per heavy atom. The molecule has 2 aliphatic heterocycles. The second-order valence-electron chi connectivity index (χ2n) is 9.86. The minimum Gasteiger partial charge on any atom is -0.336 e. The molecule has 4 amide bonds. The second kappa shape index (κ2) is 13.4. The number of rotatable bonds is 9. The molecule has 16 heteroatoms. The van der Waals surface area contributed by atoms with Crippen LogP contribution in [0, 0.1) is 0 Å². The molecule has 2 aliphatic rings. The molecule has 0 unspecified atom stereocenters. The standard InChI is InChI=1S/C26H29ClF3N5O5S2/c27-22-9-8-20(41-22)10-13-42(39,40)33-21-7-3-11-34(24(21)37)16-23(36)35-12-2-6-19(35)15-31-25(38)32-18-5-1-4-17(14-18)26(28,29)30/h1,4-5,8-10,13-14,19,21,33H,2-3,6-7,11-12,15-16H2,(H2,31,32,38)/t19-,21+/m1/s1. The number of carbonyl (C=O) groups is 3. The number of nitrogens with one attached hydrogen (secondary N) is 3. The summed E-state index contributed by atoms with van der Waals surface area (Å²) < 4.78 is 66.8. The van der Waals surface area contributed by atoms with Crippen molar-refractivity contribution in [2.75, 3.05) is 31.5 Å². The van der Waals surface area contributed by atoms with E-state index in [0.29, 0.717) is 48.0 Å². The fourth-order valence-corrected chi connectivity index (χ4v) is 6.88. The normalized spacial score (nSPS) is 19.9. The summed E-state index contributed by atoms with van der Waals surface area (Å²) in [6.45, 7) is 0.529. The number of alkyl halides is 3. The molecule has 0 aliphatic carbocycles. The van der Waals surface area contributed by atoms with Crippen molar-refractivity contribution in [2.45, 2.75) is 43.9 Å². The van der Waals surface area contributed by atoms with Gasteiger partial charge in [0.1, 0.15) is 6.04 Å². The molecule has 3 heterocycles. The van der Waals surface area contributed by atoms with Crippen molar-refractivity contribution in [2.24, 2.45) is 0 Å². The number of urea groups is 1. The number of nitrogens with zero attached hydrogens (tertiary/aromatic N) is 2. The Hall–Kier alpha value is -3.14. The monoisotopic (exact) mass is 647 g/mol. The summed E-state index contributed by atoms with van der Waals surface area (Å²) >= 11 is 7.07. The molecule has 10 nitrogen and oxygen atoms in total. The molecule has 42 heavy (non-hydrogen) atoms. The topological polar surface area (TPSA) is 128 Å². The highest BCUT2D eigenvalue weighted by atomic mass is 35.5. The molecule has 0 bridgehead atoms. The molecule has 0 spiro atoms. The summed E-state index contributed by atoms with van der Waals surface area (Å²) in [5.74, 6) is -0.844. The molecule has 228 valence electrons. The fourth-order valence-electron chi connectivity index (χ4n) is 4.81. The van der Waals surface area contributed by atoms with Gasteiger partial charge in [-0.25, -0.2) is 13.2 Å². The third kappa shape index (κ3) is 8.69. The van der Waals surface area contributed by atoms with Crippen LogP contribution in [0.2, 0.25) is 4.34 Å². The van der Waals surface area contributed by atoms with Gasteiger partial charge in [0.25, 0.3) is 0 Å². The molecular weight excluding hydrogens is 619 g/mol. The number of amides is 4. The third-order valence-electron chi connectivity index (χ3n) is 6.81. The quantitative estimate of drug-likeness (QED) is 0.378. The predicted octanol–water partition coefficient (Wildman–Crippen LogP) is 4.11. The molecular formula is C26H29ClF3N5O5S2. The van der Waals surface area contributed by atoms with E-state index in [2.05, 4.69) is 15.4 Å². The van der Waals surface area contributed by atoms with E-state index in [-0.39, 0.29) is 30.7 Å². The summed E-state index contributed by atoms with van der Waals surface area (Å²) in [5.41, 5.74) is -0.919. The Balaban J connectivity index is 1.28. The van der Waals surface area contributed by atoms with Crippen LogP contribution in [-0.2, 0) is 25.8 Å². The van der Waals surface area contributed by atoms with Crippen molar-refractivity contribution in [3.05, 3.63) is 56.6 Å². The number of piperidine rings is 1.